The fourth-order valence-corrected chi connectivity index (χ4v) is 2.54. The molecule has 0 aromatic heterocycles. The molecule has 1 saturated carbocycles. The number of hydrogen-bond acceptors (Lipinski definition) is 0. The van der Waals surface area contributed by atoms with Crippen molar-refractivity contribution in [3.8, 4) is 0 Å². The topological polar surface area (TPSA) is 0 Å². The van der Waals surface area contributed by atoms with E-state index in [1.807, 2.05) is 0 Å². The average Bonchev–Trinajstić information content (AvgIpc) is 2.08. The standard InChI is InChI=1S/C15H28/c1-5-14(9-6-8-12(2)3)13(4)15-10-7-11-15/h12,14-15H,4-11H2,1-3H3. The Labute approximate surface area is 96.2 Å². The summed E-state index contributed by atoms with van der Waals surface area (Å²) < 4.78 is 0. The third-order valence-corrected chi connectivity index (χ3v) is 3.98. The summed E-state index contributed by atoms with van der Waals surface area (Å²) >= 11 is 0. The third-order valence-electron chi connectivity index (χ3n) is 3.98. The van der Waals surface area contributed by atoms with Crippen molar-refractivity contribution in [2.24, 2.45) is 17.8 Å². The van der Waals surface area contributed by atoms with E-state index >= 15 is 0 Å². The molecule has 0 aromatic rings. The Morgan fingerprint density at radius 2 is 1.93 bits per heavy atom. The molecule has 0 aliphatic heterocycles. The van der Waals surface area contributed by atoms with Crippen molar-refractivity contribution in [2.45, 2.75) is 65.7 Å². The molecule has 0 radical (unpaired) electrons. The minimum absolute atomic E-state index is 0.814. The molecule has 1 fully saturated rings. The van der Waals surface area contributed by atoms with E-state index in [9.17, 15) is 0 Å². The van der Waals surface area contributed by atoms with Crippen LogP contribution in [0.5, 0.6) is 0 Å². The molecule has 1 atom stereocenters. The summed E-state index contributed by atoms with van der Waals surface area (Å²) in [5.41, 5.74) is 1.58. The maximum atomic E-state index is 4.35. The first-order chi connectivity index (χ1) is 7.15. The Kier molecular flexibility index (Phi) is 5.42. The summed E-state index contributed by atoms with van der Waals surface area (Å²) in [6.45, 7) is 11.3. The van der Waals surface area contributed by atoms with E-state index in [1.54, 1.807) is 5.57 Å². The van der Waals surface area contributed by atoms with Crippen LogP contribution in [0.1, 0.15) is 65.7 Å². The van der Waals surface area contributed by atoms with E-state index in [1.165, 1.54) is 44.9 Å². The van der Waals surface area contributed by atoms with Gasteiger partial charge < -0.3 is 0 Å². The van der Waals surface area contributed by atoms with Crippen LogP contribution in [0.2, 0.25) is 0 Å². The smallest absolute Gasteiger partial charge is 0.0203 e. The molecule has 0 aromatic carbocycles. The lowest BCUT2D eigenvalue weighted by Gasteiger charge is -2.32. The minimum atomic E-state index is 0.814. The zero-order chi connectivity index (χ0) is 11.3. The highest BCUT2D eigenvalue weighted by Gasteiger charge is 2.24. The molecular formula is C15H28. The summed E-state index contributed by atoms with van der Waals surface area (Å²) in [6.07, 6.45) is 9.72. The summed E-state index contributed by atoms with van der Waals surface area (Å²) in [5.74, 6) is 2.56. The second kappa shape index (κ2) is 6.35. The molecule has 88 valence electrons. The maximum Gasteiger partial charge on any atom is -0.0203 e. The van der Waals surface area contributed by atoms with Gasteiger partial charge in [0, 0.05) is 0 Å². The number of hydrogen-bond donors (Lipinski definition) is 0. The van der Waals surface area contributed by atoms with Gasteiger partial charge in [0.15, 0.2) is 0 Å². The van der Waals surface area contributed by atoms with Crippen LogP contribution in [-0.4, -0.2) is 0 Å². The van der Waals surface area contributed by atoms with Crippen LogP contribution in [0.15, 0.2) is 12.2 Å². The molecule has 0 nitrogen and oxygen atoms in total. The van der Waals surface area contributed by atoms with Crippen molar-refractivity contribution in [3.63, 3.8) is 0 Å². The molecule has 0 amide bonds. The van der Waals surface area contributed by atoms with Gasteiger partial charge in [0.05, 0.1) is 0 Å². The van der Waals surface area contributed by atoms with Crippen LogP contribution in [0.3, 0.4) is 0 Å². The van der Waals surface area contributed by atoms with Gasteiger partial charge in [-0.1, -0.05) is 52.2 Å². The van der Waals surface area contributed by atoms with Gasteiger partial charge in [0.2, 0.25) is 0 Å². The first-order valence-electron chi connectivity index (χ1n) is 6.83. The summed E-state index contributed by atoms with van der Waals surface area (Å²) in [7, 11) is 0. The molecule has 1 aliphatic carbocycles. The van der Waals surface area contributed by atoms with Gasteiger partial charge in [-0.05, 0) is 43.4 Å². The van der Waals surface area contributed by atoms with Crippen LogP contribution in [0.25, 0.3) is 0 Å². The lowest BCUT2D eigenvalue weighted by Crippen LogP contribution is -2.19. The Morgan fingerprint density at radius 1 is 1.27 bits per heavy atom. The van der Waals surface area contributed by atoms with Gasteiger partial charge >= 0.3 is 0 Å². The lowest BCUT2D eigenvalue weighted by atomic mass is 9.73. The van der Waals surface area contributed by atoms with Crippen LogP contribution in [-0.2, 0) is 0 Å². The highest BCUT2D eigenvalue weighted by molar-refractivity contribution is 5.08. The molecule has 0 spiro atoms. The van der Waals surface area contributed by atoms with E-state index in [2.05, 4.69) is 27.4 Å². The molecule has 1 aliphatic rings. The van der Waals surface area contributed by atoms with E-state index < -0.39 is 0 Å². The predicted molar refractivity (Wildman–Crippen MR) is 69.0 cm³/mol. The van der Waals surface area contributed by atoms with Crippen molar-refractivity contribution in [2.75, 3.05) is 0 Å². The SMILES string of the molecule is C=C(C(CC)CCCC(C)C)C1CCC1. The van der Waals surface area contributed by atoms with Crippen LogP contribution in [0, 0.1) is 17.8 Å². The lowest BCUT2D eigenvalue weighted by molar-refractivity contribution is 0.322. The molecule has 0 saturated heterocycles. The van der Waals surface area contributed by atoms with Gasteiger partial charge in [-0.15, -0.1) is 0 Å². The fourth-order valence-electron chi connectivity index (χ4n) is 2.54. The van der Waals surface area contributed by atoms with E-state index in [-0.39, 0.29) is 0 Å². The molecular weight excluding hydrogens is 180 g/mol. The molecule has 0 bridgehead atoms. The number of rotatable bonds is 7. The quantitative estimate of drug-likeness (QED) is 0.505. The molecule has 1 rings (SSSR count). The highest BCUT2D eigenvalue weighted by Crippen LogP contribution is 2.38. The third kappa shape index (κ3) is 4.01. The summed E-state index contributed by atoms with van der Waals surface area (Å²) in [6, 6.07) is 0. The Balaban J connectivity index is 2.24. The van der Waals surface area contributed by atoms with Crippen molar-refractivity contribution in [3.05, 3.63) is 12.2 Å². The molecule has 15 heavy (non-hydrogen) atoms. The second-order valence-electron chi connectivity index (χ2n) is 5.63. The van der Waals surface area contributed by atoms with Gasteiger partial charge in [0.1, 0.15) is 0 Å². The maximum absolute atomic E-state index is 4.35. The normalized spacial score (nSPS) is 18.9. The molecule has 0 N–H and O–H groups in total. The molecule has 1 unspecified atom stereocenters. The summed E-state index contributed by atoms with van der Waals surface area (Å²) in [5, 5.41) is 0. The van der Waals surface area contributed by atoms with Crippen LogP contribution < -0.4 is 0 Å². The zero-order valence-electron chi connectivity index (χ0n) is 10.9. The average molecular weight is 208 g/mol. The highest BCUT2D eigenvalue weighted by atomic mass is 14.3. The first kappa shape index (κ1) is 12.8. The largest absolute Gasteiger partial charge is 0.0993 e. The van der Waals surface area contributed by atoms with Gasteiger partial charge in [-0.25, -0.2) is 0 Å². The first-order valence-corrected chi connectivity index (χ1v) is 6.83. The van der Waals surface area contributed by atoms with Gasteiger partial charge in [0.25, 0.3) is 0 Å². The summed E-state index contributed by atoms with van der Waals surface area (Å²) in [4.78, 5) is 0. The number of allylic oxidation sites excluding steroid dienone is 1. The van der Waals surface area contributed by atoms with Crippen molar-refractivity contribution >= 4 is 0 Å². The predicted octanol–water partition coefficient (Wildman–Crippen LogP) is 5.20. The molecule has 0 heteroatoms. The Morgan fingerprint density at radius 3 is 2.33 bits per heavy atom. The van der Waals surface area contributed by atoms with Gasteiger partial charge in [-0.2, -0.15) is 0 Å². The van der Waals surface area contributed by atoms with Gasteiger partial charge in [-0.3, -0.25) is 0 Å². The second-order valence-corrected chi connectivity index (χ2v) is 5.63. The van der Waals surface area contributed by atoms with Crippen LogP contribution in [0.4, 0.5) is 0 Å². The Bertz CT molecular complexity index is 186. The van der Waals surface area contributed by atoms with Crippen molar-refractivity contribution in [1.82, 2.24) is 0 Å². The zero-order valence-corrected chi connectivity index (χ0v) is 10.9. The monoisotopic (exact) mass is 208 g/mol. The molecule has 0 heterocycles. The fraction of sp³-hybridized carbons (Fsp3) is 0.867. The van der Waals surface area contributed by atoms with E-state index in [0.29, 0.717) is 0 Å². The van der Waals surface area contributed by atoms with E-state index in [4.69, 9.17) is 0 Å². The van der Waals surface area contributed by atoms with Crippen LogP contribution >= 0.6 is 0 Å². The van der Waals surface area contributed by atoms with Crippen molar-refractivity contribution < 1.29 is 0 Å². The minimum Gasteiger partial charge on any atom is -0.0993 e. The van der Waals surface area contributed by atoms with Crippen molar-refractivity contribution in [1.29, 1.82) is 0 Å². The Hall–Kier alpha value is -0.260. The van der Waals surface area contributed by atoms with E-state index in [0.717, 1.165) is 17.8 Å².